The number of nitrogens with zero attached hydrogens (tertiary/aromatic N) is 1. The zero-order valence-electron chi connectivity index (χ0n) is 14.6. The summed E-state index contributed by atoms with van der Waals surface area (Å²) >= 11 is 0. The molecule has 2 amide bonds. The fourth-order valence-corrected chi connectivity index (χ4v) is 2.51. The van der Waals surface area contributed by atoms with Crippen LogP contribution in [0, 0.1) is 5.41 Å². The molecule has 0 aliphatic carbocycles. The Bertz CT molecular complexity index is 597. The van der Waals surface area contributed by atoms with Crippen LogP contribution in [-0.2, 0) is 14.3 Å². The smallest absolute Gasteiger partial charge is 0.321 e. The predicted molar refractivity (Wildman–Crippen MR) is 92.3 cm³/mol. The molecule has 2 rings (SSSR count). The van der Waals surface area contributed by atoms with Crippen molar-refractivity contribution in [2.75, 3.05) is 13.2 Å². The molecule has 130 valence electrons. The number of piperidine rings is 1. The molecule has 1 aromatic carbocycles. The number of amides is 2. The SMILES string of the molecule is C=CCOC(=O)C1(C)CCCN(C(=O)c2ccccc2)C1=O.CC. The molecule has 0 N–H and O–H groups in total. The van der Waals surface area contributed by atoms with Gasteiger partial charge in [-0.05, 0) is 31.9 Å². The molecule has 5 heteroatoms. The normalized spacial score (nSPS) is 19.8. The van der Waals surface area contributed by atoms with E-state index in [1.54, 1.807) is 30.3 Å². The van der Waals surface area contributed by atoms with Gasteiger partial charge in [0.1, 0.15) is 12.0 Å². The van der Waals surface area contributed by atoms with Crippen molar-refractivity contribution in [2.45, 2.75) is 33.6 Å². The van der Waals surface area contributed by atoms with E-state index >= 15 is 0 Å². The third-order valence-electron chi connectivity index (χ3n) is 3.82. The summed E-state index contributed by atoms with van der Waals surface area (Å²) in [5.74, 6) is -1.49. The predicted octanol–water partition coefficient (Wildman–Crippen LogP) is 3.21. The lowest BCUT2D eigenvalue weighted by molar-refractivity contribution is -0.165. The van der Waals surface area contributed by atoms with E-state index in [0.29, 0.717) is 24.9 Å². The molecule has 0 aromatic heterocycles. The quantitative estimate of drug-likeness (QED) is 0.368. The molecule has 1 fully saturated rings. The standard InChI is InChI=1S/C17H19NO4.C2H6/c1-3-12-22-16(21)17(2)10-7-11-18(15(17)20)14(19)13-8-5-4-6-9-13;1-2/h3-6,8-9H,1,7,10-12H2,2H3;1-2H3. The fourth-order valence-electron chi connectivity index (χ4n) is 2.51. The van der Waals surface area contributed by atoms with Crippen molar-refractivity contribution in [3.8, 4) is 0 Å². The van der Waals surface area contributed by atoms with Crippen LogP contribution >= 0.6 is 0 Å². The number of hydrogen-bond acceptors (Lipinski definition) is 4. The van der Waals surface area contributed by atoms with Crippen molar-refractivity contribution < 1.29 is 19.1 Å². The Morgan fingerprint density at radius 1 is 1.29 bits per heavy atom. The first kappa shape index (κ1) is 19.6. The topological polar surface area (TPSA) is 63.7 Å². The second kappa shape index (κ2) is 9.01. The van der Waals surface area contributed by atoms with Gasteiger partial charge in [0.15, 0.2) is 0 Å². The van der Waals surface area contributed by atoms with Gasteiger partial charge in [0.05, 0.1) is 0 Å². The summed E-state index contributed by atoms with van der Waals surface area (Å²) in [5, 5.41) is 0. The molecule has 0 radical (unpaired) electrons. The zero-order valence-corrected chi connectivity index (χ0v) is 14.6. The minimum Gasteiger partial charge on any atom is -0.461 e. The van der Waals surface area contributed by atoms with E-state index in [-0.39, 0.29) is 12.5 Å². The van der Waals surface area contributed by atoms with Crippen molar-refractivity contribution in [2.24, 2.45) is 5.41 Å². The van der Waals surface area contributed by atoms with Crippen LogP contribution in [-0.4, -0.2) is 35.8 Å². The molecule has 0 spiro atoms. The largest absolute Gasteiger partial charge is 0.461 e. The molecule has 0 saturated carbocycles. The van der Waals surface area contributed by atoms with Crippen LogP contribution in [0.4, 0.5) is 0 Å². The van der Waals surface area contributed by atoms with Gasteiger partial charge in [-0.25, -0.2) is 0 Å². The Hall–Kier alpha value is -2.43. The van der Waals surface area contributed by atoms with Crippen LogP contribution in [0.15, 0.2) is 43.0 Å². The summed E-state index contributed by atoms with van der Waals surface area (Å²) in [6, 6.07) is 8.57. The van der Waals surface area contributed by atoms with Crippen LogP contribution in [0.2, 0.25) is 0 Å². The summed E-state index contributed by atoms with van der Waals surface area (Å²) < 4.78 is 5.02. The Morgan fingerprint density at radius 2 is 1.92 bits per heavy atom. The van der Waals surface area contributed by atoms with Crippen LogP contribution in [0.1, 0.15) is 44.0 Å². The summed E-state index contributed by atoms with van der Waals surface area (Å²) in [7, 11) is 0. The number of esters is 1. The highest BCUT2D eigenvalue weighted by Gasteiger charge is 2.49. The molecule has 0 bridgehead atoms. The molecular formula is C19H25NO4. The van der Waals surface area contributed by atoms with Crippen LogP contribution in [0.3, 0.4) is 0 Å². The van der Waals surface area contributed by atoms with Crippen molar-refractivity contribution in [1.29, 1.82) is 0 Å². The lowest BCUT2D eigenvalue weighted by atomic mass is 9.80. The van der Waals surface area contributed by atoms with Crippen molar-refractivity contribution in [3.63, 3.8) is 0 Å². The zero-order chi connectivity index (χ0) is 18.2. The van der Waals surface area contributed by atoms with Crippen molar-refractivity contribution in [3.05, 3.63) is 48.6 Å². The van der Waals surface area contributed by atoms with E-state index in [2.05, 4.69) is 6.58 Å². The number of carbonyl (C=O) groups excluding carboxylic acids is 3. The highest BCUT2D eigenvalue weighted by Crippen LogP contribution is 2.33. The average Bonchev–Trinajstić information content (AvgIpc) is 2.63. The molecule has 5 nitrogen and oxygen atoms in total. The third-order valence-corrected chi connectivity index (χ3v) is 3.82. The molecule has 1 unspecified atom stereocenters. The lowest BCUT2D eigenvalue weighted by Crippen LogP contribution is -2.53. The summed E-state index contributed by atoms with van der Waals surface area (Å²) in [4.78, 5) is 38.4. The maximum atomic E-state index is 12.6. The molecule has 1 heterocycles. The Labute approximate surface area is 143 Å². The number of benzene rings is 1. The monoisotopic (exact) mass is 331 g/mol. The molecule has 1 atom stereocenters. The highest BCUT2D eigenvalue weighted by atomic mass is 16.5. The van der Waals surface area contributed by atoms with Crippen LogP contribution in [0.25, 0.3) is 0 Å². The molecule has 1 aliphatic heterocycles. The van der Waals surface area contributed by atoms with Gasteiger partial charge in [-0.1, -0.05) is 44.7 Å². The number of hydrogen-bond donors (Lipinski definition) is 0. The van der Waals surface area contributed by atoms with Gasteiger partial charge in [0, 0.05) is 12.1 Å². The Balaban J connectivity index is 0.00000139. The van der Waals surface area contributed by atoms with Gasteiger partial charge in [-0.2, -0.15) is 0 Å². The molecule has 1 saturated heterocycles. The second-order valence-electron chi connectivity index (χ2n) is 5.45. The first-order chi connectivity index (χ1) is 11.5. The maximum Gasteiger partial charge on any atom is 0.321 e. The highest BCUT2D eigenvalue weighted by molar-refractivity contribution is 6.12. The van der Waals surface area contributed by atoms with Gasteiger partial charge >= 0.3 is 5.97 Å². The van der Waals surface area contributed by atoms with E-state index in [9.17, 15) is 14.4 Å². The van der Waals surface area contributed by atoms with Crippen LogP contribution < -0.4 is 0 Å². The Morgan fingerprint density at radius 3 is 2.50 bits per heavy atom. The molecular weight excluding hydrogens is 306 g/mol. The number of imide groups is 1. The number of likely N-dealkylation sites (tertiary alicyclic amines) is 1. The summed E-state index contributed by atoms with van der Waals surface area (Å²) in [5.41, 5.74) is -0.884. The Kier molecular flexibility index (Phi) is 7.36. The minimum atomic E-state index is -1.31. The maximum absolute atomic E-state index is 12.6. The van der Waals surface area contributed by atoms with Gasteiger partial charge < -0.3 is 4.74 Å². The van der Waals surface area contributed by atoms with Crippen molar-refractivity contribution >= 4 is 17.8 Å². The minimum absolute atomic E-state index is 0.0499. The summed E-state index contributed by atoms with van der Waals surface area (Å²) in [6.45, 7) is 9.37. The van der Waals surface area contributed by atoms with E-state index < -0.39 is 17.3 Å². The van der Waals surface area contributed by atoms with Gasteiger partial charge in [0.2, 0.25) is 5.91 Å². The van der Waals surface area contributed by atoms with Gasteiger partial charge in [0.25, 0.3) is 5.91 Å². The number of rotatable bonds is 4. The van der Waals surface area contributed by atoms with Crippen molar-refractivity contribution in [1.82, 2.24) is 4.90 Å². The lowest BCUT2D eigenvalue weighted by Gasteiger charge is -2.36. The first-order valence-corrected chi connectivity index (χ1v) is 8.20. The van der Waals surface area contributed by atoms with E-state index in [1.165, 1.54) is 13.0 Å². The fraction of sp³-hybridized carbons (Fsp3) is 0.421. The first-order valence-electron chi connectivity index (χ1n) is 8.20. The average molecular weight is 331 g/mol. The molecule has 1 aromatic rings. The number of ether oxygens (including phenoxy) is 1. The summed E-state index contributed by atoms with van der Waals surface area (Å²) in [6.07, 6.45) is 2.39. The number of carbonyl (C=O) groups is 3. The van der Waals surface area contributed by atoms with E-state index in [4.69, 9.17) is 4.74 Å². The third kappa shape index (κ3) is 4.10. The second-order valence-corrected chi connectivity index (χ2v) is 5.45. The van der Waals surface area contributed by atoms with E-state index in [0.717, 1.165) is 4.90 Å². The molecule has 24 heavy (non-hydrogen) atoms. The van der Waals surface area contributed by atoms with E-state index in [1.807, 2.05) is 13.8 Å². The molecule has 1 aliphatic rings. The van der Waals surface area contributed by atoms with Crippen LogP contribution in [0.5, 0.6) is 0 Å². The van der Waals surface area contributed by atoms with Gasteiger partial charge in [-0.3, -0.25) is 19.3 Å². The van der Waals surface area contributed by atoms with Gasteiger partial charge in [-0.15, -0.1) is 0 Å².